The van der Waals surface area contributed by atoms with Crippen LogP contribution in [0.15, 0.2) is 24.3 Å². The van der Waals surface area contributed by atoms with E-state index in [1.165, 1.54) is 7.11 Å². The lowest BCUT2D eigenvalue weighted by atomic mass is 10.1. The molecule has 0 aliphatic rings. The van der Waals surface area contributed by atoms with Crippen LogP contribution < -0.4 is 5.48 Å². The first-order chi connectivity index (χ1) is 8.63. The molecule has 5 nitrogen and oxygen atoms in total. The fourth-order valence-electron chi connectivity index (χ4n) is 1.27. The topological polar surface area (TPSA) is 64.6 Å². The zero-order valence-corrected chi connectivity index (χ0v) is 10.6. The lowest BCUT2D eigenvalue weighted by Crippen LogP contribution is -2.24. The van der Waals surface area contributed by atoms with Gasteiger partial charge in [-0.1, -0.05) is 17.7 Å². The third-order valence-corrected chi connectivity index (χ3v) is 2.33. The van der Waals surface area contributed by atoms with Gasteiger partial charge in [0, 0.05) is 12.0 Å². The van der Waals surface area contributed by atoms with Crippen LogP contribution in [0.3, 0.4) is 0 Å². The molecule has 18 heavy (non-hydrogen) atoms. The average molecular weight is 251 g/mol. The number of hydrogen-bond acceptors (Lipinski definition) is 4. The summed E-state index contributed by atoms with van der Waals surface area (Å²) in [5, 5.41) is 0. The predicted octanol–water partition coefficient (Wildman–Crippen LogP) is 1.61. The van der Waals surface area contributed by atoms with Crippen LogP contribution in [0.5, 0.6) is 0 Å². The summed E-state index contributed by atoms with van der Waals surface area (Å²) in [6.45, 7) is 2.22. The fraction of sp³-hybridized carbons (Fsp3) is 0.385. The molecule has 1 aromatic rings. The van der Waals surface area contributed by atoms with Gasteiger partial charge in [0.25, 0.3) is 5.91 Å². The van der Waals surface area contributed by atoms with Crippen LogP contribution >= 0.6 is 0 Å². The maximum absolute atomic E-state index is 11.6. The molecule has 0 saturated carbocycles. The van der Waals surface area contributed by atoms with Gasteiger partial charge in [-0.25, -0.2) is 5.48 Å². The highest BCUT2D eigenvalue weighted by molar-refractivity contribution is 5.93. The van der Waals surface area contributed by atoms with Crippen LogP contribution in [-0.2, 0) is 14.4 Å². The molecule has 0 unspecified atom stereocenters. The van der Waals surface area contributed by atoms with Crippen molar-refractivity contribution in [2.24, 2.45) is 0 Å². The molecule has 0 aliphatic carbocycles. The van der Waals surface area contributed by atoms with Gasteiger partial charge in [-0.05, 0) is 25.5 Å². The first-order valence-corrected chi connectivity index (χ1v) is 5.69. The SMILES string of the molecule is COC(=O)CCCONC(=O)c1ccc(C)cc1. The quantitative estimate of drug-likeness (QED) is 0.474. The van der Waals surface area contributed by atoms with E-state index in [2.05, 4.69) is 10.2 Å². The van der Waals surface area contributed by atoms with Crippen LogP contribution in [0.2, 0.25) is 0 Å². The second-order valence-electron chi connectivity index (χ2n) is 3.83. The maximum atomic E-state index is 11.6. The Morgan fingerprint density at radius 3 is 2.50 bits per heavy atom. The summed E-state index contributed by atoms with van der Waals surface area (Å²) < 4.78 is 4.48. The second kappa shape index (κ2) is 7.45. The van der Waals surface area contributed by atoms with Crippen molar-refractivity contribution in [3.63, 3.8) is 0 Å². The Labute approximate surface area is 106 Å². The average Bonchev–Trinajstić information content (AvgIpc) is 2.38. The Kier molecular flexibility index (Phi) is 5.87. The zero-order valence-electron chi connectivity index (χ0n) is 10.6. The smallest absolute Gasteiger partial charge is 0.305 e. The third-order valence-electron chi connectivity index (χ3n) is 2.33. The molecule has 0 saturated heterocycles. The number of esters is 1. The maximum Gasteiger partial charge on any atom is 0.305 e. The van der Waals surface area contributed by atoms with Crippen LogP contribution in [0.1, 0.15) is 28.8 Å². The van der Waals surface area contributed by atoms with Gasteiger partial charge in [0.05, 0.1) is 13.7 Å². The van der Waals surface area contributed by atoms with E-state index in [1.54, 1.807) is 12.1 Å². The lowest BCUT2D eigenvalue weighted by molar-refractivity contribution is -0.141. The summed E-state index contributed by atoms with van der Waals surface area (Å²) >= 11 is 0. The molecule has 0 aromatic heterocycles. The van der Waals surface area contributed by atoms with Crippen molar-refractivity contribution in [2.75, 3.05) is 13.7 Å². The monoisotopic (exact) mass is 251 g/mol. The molecule has 0 bridgehead atoms. The Balaban J connectivity index is 2.21. The highest BCUT2D eigenvalue weighted by Crippen LogP contribution is 2.02. The molecule has 0 spiro atoms. The summed E-state index contributed by atoms with van der Waals surface area (Å²) in [6, 6.07) is 7.16. The number of ether oxygens (including phenoxy) is 1. The molecule has 0 radical (unpaired) electrons. The molecular weight excluding hydrogens is 234 g/mol. The molecule has 1 rings (SSSR count). The standard InChI is InChI=1S/C13H17NO4/c1-10-5-7-11(8-6-10)13(16)14-18-9-3-4-12(15)17-2/h5-8H,3-4,9H2,1-2H3,(H,14,16). The van der Waals surface area contributed by atoms with Gasteiger partial charge in [0.2, 0.25) is 0 Å². The first-order valence-electron chi connectivity index (χ1n) is 5.69. The zero-order chi connectivity index (χ0) is 13.4. The molecule has 98 valence electrons. The molecule has 0 heterocycles. The molecular formula is C13H17NO4. The van der Waals surface area contributed by atoms with E-state index in [0.717, 1.165) is 5.56 Å². The minimum Gasteiger partial charge on any atom is -0.469 e. The van der Waals surface area contributed by atoms with Crippen LogP contribution in [-0.4, -0.2) is 25.6 Å². The van der Waals surface area contributed by atoms with E-state index in [1.807, 2.05) is 19.1 Å². The van der Waals surface area contributed by atoms with Crippen molar-refractivity contribution in [1.82, 2.24) is 5.48 Å². The first kappa shape index (κ1) is 14.2. The minimum atomic E-state index is -0.298. The number of hydroxylamine groups is 1. The molecule has 0 fully saturated rings. The van der Waals surface area contributed by atoms with Gasteiger partial charge in [-0.3, -0.25) is 14.4 Å². The lowest BCUT2D eigenvalue weighted by Gasteiger charge is -2.05. The Hall–Kier alpha value is -1.88. The number of amides is 1. The van der Waals surface area contributed by atoms with Gasteiger partial charge in [0.1, 0.15) is 0 Å². The number of benzene rings is 1. The van der Waals surface area contributed by atoms with E-state index in [0.29, 0.717) is 12.0 Å². The van der Waals surface area contributed by atoms with Crippen LogP contribution in [0.4, 0.5) is 0 Å². The van der Waals surface area contributed by atoms with E-state index < -0.39 is 0 Å². The summed E-state index contributed by atoms with van der Waals surface area (Å²) in [5.74, 6) is -0.587. The molecule has 5 heteroatoms. The van der Waals surface area contributed by atoms with Crippen molar-refractivity contribution >= 4 is 11.9 Å². The largest absolute Gasteiger partial charge is 0.469 e. The van der Waals surface area contributed by atoms with Crippen molar-refractivity contribution in [3.8, 4) is 0 Å². The van der Waals surface area contributed by atoms with Crippen LogP contribution in [0.25, 0.3) is 0 Å². The number of aryl methyl sites for hydroxylation is 1. The van der Waals surface area contributed by atoms with Gasteiger partial charge >= 0.3 is 5.97 Å². The minimum absolute atomic E-state index is 0.271. The number of methoxy groups -OCH3 is 1. The highest BCUT2D eigenvalue weighted by Gasteiger charge is 2.05. The van der Waals surface area contributed by atoms with Crippen molar-refractivity contribution < 1.29 is 19.2 Å². The van der Waals surface area contributed by atoms with Crippen molar-refractivity contribution in [2.45, 2.75) is 19.8 Å². The fourth-order valence-corrected chi connectivity index (χ4v) is 1.27. The normalized spacial score (nSPS) is 9.89. The molecule has 0 aliphatic heterocycles. The van der Waals surface area contributed by atoms with Crippen LogP contribution in [0, 0.1) is 6.92 Å². The Bertz CT molecular complexity index is 400. The number of rotatable bonds is 6. The summed E-state index contributed by atoms with van der Waals surface area (Å²) in [4.78, 5) is 27.3. The van der Waals surface area contributed by atoms with E-state index >= 15 is 0 Å². The molecule has 0 atom stereocenters. The third kappa shape index (κ3) is 4.97. The van der Waals surface area contributed by atoms with E-state index in [4.69, 9.17) is 4.84 Å². The second-order valence-corrected chi connectivity index (χ2v) is 3.83. The number of hydrogen-bond donors (Lipinski definition) is 1. The number of carbonyl (C=O) groups excluding carboxylic acids is 2. The number of nitrogens with one attached hydrogen (secondary N) is 1. The van der Waals surface area contributed by atoms with Crippen molar-refractivity contribution in [3.05, 3.63) is 35.4 Å². The highest BCUT2D eigenvalue weighted by atomic mass is 16.6. The number of carbonyl (C=O) groups is 2. The van der Waals surface area contributed by atoms with Gasteiger partial charge in [-0.15, -0.1) is 0 Å². The summed E-state index contributed by atoms with van der Waals surface area (Å²) in [5.41, 5.74) is 3.94. The summed E-state index contributed by atoms with van der Waals surface area (Å²) in [7, 11) is 1.34. The Morgan fingerprint density at radius 1 is 1.22 bits per heavy atom. The summed E-state index contributed by atoms with van der Waals surface area (Å²) in [6.07, 6.45) is 0.776. The van der Waals surface area contributed by atoms with E-state index in [9.17, 15) is 9.59 Å². The van der Waals surface area contributed by atoms with Gasteiger partial charge in [-0.2, -0.15) is 0 Å². The van der Waals surface area contributed by atoms with Gasteiger partial charge < -0.3 is 4.74 Å². The van der Waals surface area contributed by atoms with E-state index in [-0.39, 0.29) is 24.9 Å². The Morgan fingerprint density at radius 2 is 1.89 bits per heavy atom. The van der Waals surface area contributed by atoms with Crippen molar-refractivity contribution in [1.29, 1.82) is 0 Å². The predicted molar refractivity (Wildman–Crippen MR) is 65.8 cm³/mol. The van der Waals surface area contributed by atoms with Gasteiger partial charge in [0.15, 0.2) is 0 Å². The molecule has 1 N–H and O–H groups in total. The molecule has 1 amide bonds. The molecule has 1 aromatic carbocycles.